The maximum atomic E-state index is 10.6. The number of carbonyl (C=O) groups excluding carboxylic acids is 1. The largest absolute Gasteiger partial charge is 0.384 e. The molecule has 1 aromatic carbocycles. The van der Waals surface area contributed by atoms with E-state index in [2.05, 4.69) is 10.5 Å². The SMILES string of the molecule is CC(C)(O)C(=NNC(N)=O)c1ccccc1. The zero-order valence-electron chi connectivity index (χ0n) is 9.27. The van der Waals surface area contributed by atoms with Gasteiger partial charge in [-0.05, 0) is 13.8 Å². The molecule has 0 spiro atoms. The van der Waals surface area contributed by atoms with Crippen molar-refractivity contribution >= 4 is 11.7 Å². The lowest BCUT2D eigenvalue weighted by Crippen LogP contribution is -2.36. The Balaban J connectivity index is 3.07. The molecule has 0 fully saturated rings. The Morgan fingerprint density at radius 2 is 1.94 bits per heavy atom. The van der Waals surface area contributed by atoms with Crippen LogP contribution in [0.25, 0.3) is 0 Å². The number of nitrogens with one attached hydrogen (secondary N) is 1. The first kappa shape index (κ1) is 12.2. The summed E-state index contributed by atoms with van der Waals surface area (Å²) < 4.78 is 0. The van der Waals surface area contributed by atoms with Crippen molar-refractivity contribution < 1.29 is 9.90 Å². The van der Waals surface area contributed by atoms with Gasteiger partial charge in [0.2, 0.25) is 0 Å². The third kappa shape index (κ3) is 3.36. The highest BCUT2D eigenvalue weighted by molar-refractivity contribution is 6.06. The lowest BCUT2D eigenvalue weighted by atomic mass is 9.96. The number of rotatable bonds is 3. The topological polar surface area (TPSA) is 87.7 Å². The number of aliphatic hydroxyl groups is 1. The van der Waals surface area contributed by atoms with Gasteiger partial charge in [-0.15, -0.1) is 0 Å². The Morgan fingerprint density at radius 3 is 2.38 bits per heavy atom. The molecule has 0 aliphatic rings. The van der Waals surface area contributed by atoms with E-state index in [0.29, 0.717) is 5.71 Å². The molecule has 1 aromatic rings. The van der Waals surface area contributed by atoms with Gasteiger partial charge >= 0.3 is 6.03 Å². The molecule has 0 aliphatic carbocycles. The number of nitrogens with two attached hydrogens (primary N) is 1. The van der Waals surface area contributed by atoms with Gasteiger partial charge < -0.3 is 10.8 Å². The molecular weight excluding hydrogens is 206 g/mol. The predicted molar refractivity (Wildman–Crippen MR) is 62.0 cm³/mol. The average Bonchev–Trinajstić information content (AvgIpc) is 2.17. The molecule has 0 radical (unpaired) electrons. The molecule has 0 bridgehead atoms. The monoisotopic (exact) mass is 221 g/mol. The van der Waals surface area contributed by atoms with E-state index in [1.165, 1.54) is 0 Å². The molecule has 0 saturated heterocycles. The van der Waals surface area contributed by atoms with Crippen molar-refractivity contribution in [3.8, 4) is 0 Å². The Kier molecular flexibility index (Phi) is 3.63. The van der Waals surface area contributed by atoms with Gasteiger partial charge in [0.25, 0.3) is 0 Å². The average molecular weight is 221 g/mol. The van der Waals surface area contributed by atoms with Crippen LogP contribution in [0, 0.1) is 0 Å². The summed E-state index contributed by atoms with van der Waals surface area (Å²) in [5.74, 6) is 0. The van der Waals surface area contributed by atoms with Crippen molar-refractivity contribution in [1.82, 2.24) is 5.43 Å². The lowest BCUT2D eigenvalue weighted by molar-refractivity contribution is 0.154. The summed E-state index contributed by atoms with van der Waals surface area (Å²) in [4.78, 5) is 10.6. The van der Waals surface area contributed by atoms with Gasteiger partial charge in [0.15, 0.2) is 0 Å². The molecule has 5 heteroatoms. The summed E-state index contributed by atoms with van der Waals surface area (Å²) in [6.45, 7) is 3.17. The predicted octanol–water partition coefficient (Wildman–Crippen LogP) is 0.830. The van der Waals surface area contributed by atoms with Crippen LogP contribution in [0.2, 0.25) is 0 Å². The third-order valence-electron chi connectivity index (χ3n) is 1.90. The maximum Gasteiger partial charge on any atom is 0.332 e. The van der Waals surface area contributed by atoms with Crippen molar-refractivity contribution in [1.29, 1.82) is 0 Å². The van der Waals surface area contributed by atoms with Crippen LogP contribution in [0.15, 0.2) is 35.4 Å². The van der Waals surface area contributed by atoms with Crippen molar-refractivity contribution in [2.45, 2.75) is 19.4 Å². The van der Waals surface area contributed by atoms with Gasteiger partial charge in [0.1, 0.15) is 5.60 Å². The van der Waals surface area contributed by atoms with Crippen molar-refractivity contribution in [3.05, 3.63) is 35.9 Å². The van der Waals surface area contributed by atoms with E-state index < -0.39 is 11.6 Å². The number of hydrogen-bond donors (Lipinski definition) is 3. The van der Waals surface area contributed by atoms with Crippen LogP contribution in [0.1, 0.15) is 19.4 Å². The molecule has 0 saturated carbocycles. The first-order valence-electron chi connectivity index (χ1n) is 4.82. The number of nitrogens with zero attached hydrogens (tertiary/aromatic N) is 1. The zero-order valence-corrected chi connectivity index (χ0v) is 9.27. The number of primary amides is 1. The van der Waals surface area contributed by atoms with Gasteiger partial charge in [-0.2, -0.15) is 5.10 Å². The number of urea groups is 1. The lowest BCUT2D eigenvalue weighted by Gasteiger charge is -2.20. The minimum absolute atomic E-state index is 0.354. The Bertz CT molecular complexity index is 393. The second kappa shape index (κ2) is 4.76. The summed E-state index contributed by atoms with van der Waals surface area (Å²) in [5.41, 5.74) is 6.96. The number of hydrazone groups is 1. The van der Waals surface area contributed by atoms with E-state index in [1.807, 2.05) is 18.2 Å². The summed E-state index contributed by atoms with van der Waals surface area (Å²) >= 11 is 0. The first-order valence-corrected chi connectivity index (χ1v) is 4.82. The minimum atomic E-state index is -1.16. The van der Waals surface area contributed by atoms with Crippen LogP contribution < -0.4 is 11.2 Å². The molecule has 86 valence electrons. The van der Waals surface area contributed by atoms with Crippen LogP contribution in [0.5, 0.6) is 0 Å². The third-order valence-corrected chi connectivity index (χ3v) is 1.90. The number of carbonyl (C=O) groups is 1. The van der Waals surface area contributed by atoms with Crippen LogP contribution >= 0.6 is 0 Å². The molecule has 0 aliphatic heterocycles. The second-order valence-electron chi connectivity index (χ2n) is 3.86. The highest BCUT2D eigenvalue weighted by atomic mass is 16.3. The van der Waals surface area contributed by atoms with E-state index in [0.717, 1.165) is 5.56 Å². The fourth-order valence-corrected chi connectivity index (χ4v) is 1.26. The molecule has 1 rings (SSSR count). The molecule has 0 atom stereocenters. The summed E-state index contributed by atoms with van der Waals surface area (Å²) in [6.07, 6.45) is 0. The fourth-order valence-electron chi connectivity index (χ4n) is 1.26. The molecule has 5 nitrogen and oxygen atoms in total. The molecule has 2 amide bonds. The fraction of sp³-hybridized carbons (Fsp3) is 0.273. The highest BCUT2D eigenvalue weighted by Crippen LogP contribution is 2.13. The zero-order chi connectivity index (χ0) is 12.2. The van der Waals surface area contributed by atoms with Gasteiger partial charge in [0, 0.05) is 5.56 Å². The maximum absolute atomic E-state index is 10.6. The smallest absolute Gasteiger partial charge is 0.332 e. The Hall–Kier alpha value is -1.88. The van der Waals surface area contributed by atoms with E-state index in [-0.39, 0.29) is 0 Å². The second-order valence-corrected chi connectivity index (χ2v) is 3.86. The van der Waals surface area contributed by atoms with Gasteiger partial charge in [-0.3, -0.25) is 0 Å². The van der Waals surface area contributed by atoms with E-state index in [4.69, 9.17) is 5.73 Å². The Labute approximate surface area is 94.0 Å². The molecule has 4 N–H and O–H groups in total. The van der Waals surface area contributed by atoms with Gasteiger partial charge in [-0.1, -0.05) is 30.3 Å². The van der Waals surface area contributed by atoms with Crippen molar-refractivity contribution in [2.75, 3.05) is 0 Å². The van der Waals surface area contributed by atoms with Gasteiger partial charge in [0.05, 0.1) is 5.71 Å². The van der Waals surface area contributed by atoms with E-state index in [1.54, 1.807) is 26.0 Å². The first-order chi connectivity index (χ1) is 7.41. The minimum Gasteiger partial charge on any atom is -0.384 e. The van der Waals surface area contributed by atoms with Crippen LogP contribution in [-0.2, 0) is 0 Å². The number of benzene rings is 1. The summed E-state index contributed by atoms with van der Waals surface area (Å²) in [5, 5.41) is 13.7. The molecular formula is C11H15N3O2. The molecule has 16 heavy (non-hydrogen) atoms. The summed E-state index contributed by atoms with van der Waals surface area (Å²) in [7, 11) is 0. The van der Waals surface area contributed by atoms with Crippen molar-refractivity contribution in [2.24, 2.45) is 10.8 Å². The summed E-state index contributed by atoms with van der Waals surface area (Å²) in [6, 6.07) is 8.31. The normalized spacial score (nSPS) is 12.3. The number of amides is 2. The standard InChI is InChI=1S/C11H15N3O2/c1-11(2,16)9(13-14-10(12)15)8-6-4-3-5-7-8/h3-7,16H,1-2H3,(H3,12,14,15). The highest BCUT2D eigenvalue weighted by Gasteiger charge is 2.23. The quantitative estimate of drug-likeness (QED) is 0.521. The molecule has 0 aromatic heterocycles. The number of hydrogen-bond acceptors (Lipinski definition) is 3. The van der Waals surface area contributed by atoms with Crippen molar-refractivity contribution in [3.63, 3.8) is 0 Å². The molecule has 0 unspecified atom stereocenters. The Morgan fingerprint density at radius 1 is 1.38 bits per heavy atom. The van der Waals surface area contributed by atoms with Crippen LogP contribution in [0.4, 0.5) is 4.79 Å². The van der Waals surface area contributed by atoms with E-state index >= 15 is 0 Å². The van der Waals surface area contributed by atoms with Crippen LogP contribution in [-0.4, -0.2) is 22.5 Å². The molecule has 0 heterocycles. The van der Waals surface area contributed by atoms with Gasteiger partial charge in [-0.25, -0.2) is 10.2 Å². The van der Waals surface area contributed by atoms with E-state index in [9.17, 15) is 9.90 Å². The van der Waals surface area contributed by atoms with Crippen LogP contribution in [0.3, 0.4) is 0 Å².